The average Bonchev–Trinajstić information content (AvgIpc) is 2.91. The number of Topliss-reactive ketones (excluding diaryl/α,β-unsaturated/α-hetero) is 1. The number of hydrogen-bond acceptors (Lipinski definition) is 4. The summed E-state index contributed by atoms with van der Waals surface area (Å²) in [5, 5.41) is 10.8. The Labute approximate surface area is 156 Å². The van der Waals surface area contributed by atoms with Crippen molar-refractivity contribution in [3.63, 3.8) is 0 Å². The third-order valence-electron chi connectivity index (χ3n) is 4.59. The Morgan fingerprint density at radius 1 is 1.11 bits per heavy atom. The van der Waals surface area contributed by atoms with E-state index in [1.807, 2.05) is 19.1 Å². The summed E-state index contributed by atoms with van der Waals surface area (Å²) in [6.07, 6.45) is 0. The normalized spacial score (nSPS) is 18.9. The maximum atomic E-state index is 13.4. The SMILES string of the molecule is COCCN1C(=O)C(=O)C(=C(O)c2ccc(C)cc2)[C@@H]1c1ccc(F)cc1. The smallest absolute Gasteiger partial charge is 0.295 e. The van der Waals surface area contributed by atoms with E-state index in [0.29, 0.717) is 11.1 Å². The fraction of sp³-hybridized carbons (Fsp3) is 0.238. The first-order valence-corrected chi connectivity index (χ1v) is 8.54. The molecule has 2 aromatic rings. The number of rotatable bonds is 5. The van der Waals surface area contributed by atoms with Crippen LogP contribution in [0.25, 0.3) is 5.76 Å². The number of aliphatic hydroxyl groups is 1. The number of aliphatic hydroxyl groups excluding tert-OH is 1. The molecule has 0 spiro atoms. The zero-order chi connectivity index (χ0) is 19.6. The lowest BCUT2D eigenvalue weighted by Gasteiger charge is -2.25. The van der Waals surface area contributed by atoms with Crippen LogP contribution in [0.1, 0.15) is 22.7 Å². The van der Waals surface area contributed by atoms with Gasteiger partial charge in [0, 0.05) is 19.2 Å². The largest absolute Gasteiger partial charge is 0.507 e. The van der Waals surface area contributed by atoms with E-state index >= 15 is 0 Å². The van der Waals surface area contributed by atoms with Gasteiger partial charge in [-0.05, 0) is 24.6 Å². The third kappa shape index (κ3) is 3.61. The highest BCUT2D eigenvalue weighted by Gasteiger charge is 2.45. The predicted molar refractivity (Wildman–Crippen MR) is 98.5 cm³/mol. The van der Waals surface area contributed by atoms with Gasteiger partial charge in [0.05, 0.1) is 18.2 Å². The molecule has 1 atom stereocenters. The minimum Gasteiger partial charge on any atom is -0.507 e. The van der Waals surface area contributed by atoms with Gasteiger partial charge >= 0.3 is 0 Å². The molecule has 140 valence electrons. The van der Waals surface area contributed by atoms with Crippen LogP contribution in [0.3, 0.4) is 0 Å². The first-order valence-electron chi connectivity index (χ1n) is 8.54. The van der Waals surface area contributed by atoms with Crippen molar-refractivity contribution in [3.8, 4) is 0 Å². The summed E-state index contributed by atoms with van der Waals surface area (Å²) in [7, 11) is 1.50. The lowest BCUT2D eigenvalue weighted by Crippen LogP contribution is -2.32. The first-order chi connectivity index (χ1) is 12.9. The highest BCUT2D eigenvalue weighted by atomic mass is 19.1. The molecule has 0 saturated carbocycles. The molecule has 0 aliphatic carbocycles. The molecular formula is C21H20FNO4. The Kier molecular flexibility index (Phi) is 5.37. The van der Waals surface area contributed by atoms with Crippen molar-refractivity contribution in [1.29, 1.82) is 0 Å². The minimum absolute atomic E-state index is 0.00781. The van der Waals surface area contributed by atoms with Crippen LogP contribution in [0.4, 0.5) is 4.39 Å². The van der Waals surface area contributed by atoms with Crippen molar-refractivity contribution >= 4 is 17.4 Å². The maximum absolute atomic E-state index is 13.4. The van der Waals surface area contributed by atoms with Gasteiger partial charge in [0.1, 0.15) is 11.6 Å². The number of likely N-dealkylation sites (tertiary alicyclic amines) is 1. The van der Waals surface area contributed by atoms with E-state index in [2.05, 4.69) is 0 Å². The molecule has 6 heteroatoms. The van der Waals surface area contributed by atoms with Crippen LogP contribution in [0.15, 0.2) is 54.1 Å². The second kappa shape index (κ2) is 7.72. The first kappa shape index (κ1) is 18.8. The number of aryl methyl sites for hydroxylation is 1. The molecule has 2 aromatic carbocycles. The fourth-order valence-electron chi connectivity index (χ4n) is 3.16. The van der Waals surface area contributed by atoms with Crippen LogP contribution in [-0.2, 0) is 14.3 Å². The monoisotopic (exact) mass is 369 g/mol. The van der Waals surface area contributed by atoms with E-state index in [9.17, 15) is 19.1 Å². The summed E-state index contributed by atoms with van der Waals surface area (Å²) in [5.74, 6) is -2.15. The van der Waals surface area contributed by atoms with Crippen molar-refractivity contribution in [2.24, 2.45) is 0 Å². The van der Waals surface area contributed by atoms with E-state index in [0.717, 1.165) is 5.56 Å². The van der Waals surface area contributed by atoms with Crippen molar-refractivity contribution in [2.75, 3.05) is 20.3 Å². The van der Waals surface area contributed by atoms with Gasteiger partial charge in [0.15, 0.2) is 0 Å². The predicted octanol–water partition coefficient (Wildman–Crippen LogP) is 3.20. The molecule has 0 bridgehead atoms. The van der Waals surface area contributed by atoms with Crippen LogP contribution >= 0.6 is 0 Å². The Hall–Kier alpha value is -2.99. The van der Waals surface area contributed by atoms with Gasteiger partial charge < -0.3 is 14.7 Å². The highest BCUT2D eigenvalue weighted by molar-refractivity contribution is 6.46. The van der Waals surface area contributed by atoms with Gasteiger partial charge in [-0.2, -0.15) is 0 Å². The van der Waals surface area contributed by atoms with Crippen LogP contribution < -0.4 is 0 Å². The average molecular weight is 369 g/mol. The highest BCUT2D eigenvalue weighted by Crippen LogP contribution is 2.39. The molecule has 0 unspecified atom stereocenters. The van der Waals surface area contributed by atoms with Gasteiger partial charge in [0.2, 0.25) is 0 Å². The number of benzene rings is 2. The van der Waals surface area contributed by atoms with Crippen LogP contribution in [0, 0.1) is 12.7 Å². The standard InChI is InChI=1S/C21H20FNO4/c1-13-3-5-15(6-4-13)19(24)17-18(14-7-9-16(22)10-8-14)23(11-12-27-2)21(26)20(17)25/h3-10,18,24H,11-12H2,1-2H3/t18-/m0/s1. The number of methoxy groups -OCH3 is 1. The molecule has 1 saturated heterocycles. The number of amides is 1. The zero-order valence-electron chi connectivity index (χ0n) is 15.1. The van der Waals surface area contributed by atoms with Crippen LogP contribution in [0.2, 0.25) is 0 Å². The molecule has 1 aliphatic heterocycles. The van der Waals surface area contributed by atoms with Gasteiger partial charge in [-0.15, -0.1) is 0 Å². The Morgan fingerprint density at radius 3 is 2.33 bits per heavy atom. The van der Waals surface area contributed by atoms with Crippen molar-refractivity contribution in [1.82, 2.24) is 4.90 Å². The van der Waals surface area contributed by atoms with Crippen LogP contribution in [-0.4, -0.2) is 42.0 Å². The van der Waals surface area contributed by atoms with Crippen molar-refractivity contribution in [3.05, 3.63) is 76.6 Å². The molecule has 3 rings (SSSR count). The van der Waals surface area contributed by atoms with Gasteiger partial charge in [-0.25, -0.2) is 4.39 Å². The molecule has 5 nitrogen and oxygen atoms in total. The van der Waals surface area contributed by atoms with Gasteiger partial charge in [-0.3, -0.25) is 9.59 Å². The van der Waals surface area contributed by atoms with E-state index in [1.165, 1.54) is 36.3 Å². The van der Waals surface area contributed by atoms with Crippen LogP contribution in [0.5, 0.6) is 0 Å². The van der Waals surface area contributed by atoms with E-state index in [1.54, 1.807) is 12.1 Å². The molecule has 1 amide bonds. The molecule has 27 heavy (non-hydrogen) atoms. The van der Waals surface area contributed by atoms with E-state index < -0.39 is 23.5 Å². The number of ether oxygens (including phenoxy) is 1. The second-order valence-electron chi connectivity index (χ2n) is 6.40. The summed E-state index contributed by atoms with van der Waals surface area (Å²) in [5.41, 5.74) is 1.98. The fourth-order valence-corrected chi connectivity index (χ4v) is 3.16. The summed E-state index contributed by atoms with van der Waals surface area (Å²) in [6.45, 7) is 2.31. The van der Waals surface area contributed by atoms with Crippen molar-refractivity contribution in [2.45, 2.75) is 13.0 Å². The lowest BCUT2D eigenvalue weighted by molar-refractivity contribution is -0.140. The third-order valence-corrected chi connectivity index (χ3v) is 4.59. The summed E-state index contributed by atoms with van der Waals surface area (Å²) >= 11 is 0. The lowest BCUT2D eigenvalue weighted by atomic mass is 9.95. The Balaban J connectivity index is 2.14. The number of halogens is 1. The van der Waals surface area contributed by atoms with Crippen molar-refractivity contribution < 1.29 is 23.8 Å². The molecule has 1 N–H and O–H groups in total. The zero-order valence-corrected chi connectivity index (χ0v) is 15.1. The summed E-state index contributed by atoms with van der Waals surface area (Å²) in [4.78, 5) is 26.6. The molecule has 1 heterocycles. The molecular weight excluding hydrogens is 349 g/mol. The van der Waals surface area contributed by atoms with E-state index in [-0.39, 0.29) is 24.5 Å². The molecule has 1 fully saturated rings. The summed E-state index contributed by atoms with van der Waals surface area (Å²) < 4.78 is 18.4. The van der Waals surface area contributed by atoms with Gasteiger partial charge in [-0.1, -0.05) is 42.0 Å². The number of ketones is 1. The molecule has 1 aliphatic rings. The minimum atomic E-state index is -0.804. The number of carbonyl (C=O) groups excluding carboxylic acids is 2. The van der Waals surface area contributed by atoms with E-state index in [4.69, 9.17) is 4.74 Å². The molecule has 0 aromatic heterocycles. The Morgan fingerprint density at radius 2 is 1.74 bits per heavy atom. The maximum Gasteiger partial charge on any atom is 0.295 e. The second-order valence-corrected chi connectivity index (χ2v) is 6.40. The quantitative estimate of drug-likeness (QED) is 0.499. The molecule has 0 radical (unpaired) electrons. The Bertz CT molecular complexity index is 887. The van der Waals surface area contributed by atoms with Gasteiger partial charge in [0.25, 0.3) is 11.7 Å². The number of nitrogens with zero attached hydrogens (tertiary/aromatic N) is 1. The number of carbonyl (C=O) groups is 2. The summed E-state index contributed by atoms with van der Waals surface area (Å²) in [6, 6.07) is 11.7. The topological polar surface area (TPSA) is 66.8 Å². The number of hydrogen-bond donors (Lipinski definition) is 1.